The molecule has 0 saturated heterocycles. The van der Waals surface area contributed by atoms with Crippen LogP contribution in [0.2, 0.25) is 0 Å². The topological polar surface area (TPSA) is 61.4 Å². The molecule has 1 aliphatic carbocycles. The van der Waals surface area contributed by atoms with E-state index < -0.39 is 17.6 Å². The van der Waals surface area contributed by atoms with Crippen LogP contribution in [0.5, 0.6) is 0 Å². The SMILES string of the molecule is CC1=C(C(=O)Nc2ccccc2F)[C@@H](c2ccc(N(C)C)cc2)C2=C(CCCC2=O)N1. The Hall–Kier alpha value is -3.41. The molecule has 2 aliphatic rings. The molecule has 0 fully saturated rings. The highest BCUT2D eigenvalue weighted by molar-refractivity contribution is 6.09. The van der Waals surface area contributed by atoms with E-state index in [1.54, 1.807) is 12.1 Å². The minimum Gasteiger partial charge on any atom is -0.378 e. The van der Waals surface area contributed by atoms with Crippen molar-refractivity contribution in [1.29, 1.82) is 0 Å². The third-order valence-corrected chi connectivity index (χ3v) is 5.89. The van der Waals surface area contributed by atoms with E-state index in [2.05, 4.69) is 10.6 Å². The van der Waals surface area contributed by atoms with Crippen molar-refractivity contribution in [2.75, 3.05) is 24.3 Å². The van der Waals surface area contributed by atoms with Crippen LogP contribution in [0.15, 0.2) is 71.1 Å². The van der Waals surface area contributed by atoms with Gasteiger partial charge in [-0.1, -0.05) is 24.3 Å². The number of nitrogens with zero attached hydrogens (tertiary/aromatic N) is 1. The monoisotopic (exact) mass is 419 g/mol. The lowest BCUT2D eigenvalue weighted by molar-refractivity contribution is -0.116. The standard InChI is InChI=1S/C25H26FN3O2/c1-15-22(25(31)28-19-8-5-4-7-18(19)26)23(16-11-13-17(14-12-16)29(2)3)24-20(27-15)9-6-10-21(24)30/h4-5,7-8,11-14,23,27H,6,9-10H2,1-3H3,(H,28,31)/t23-/m1/s1. The number of carbonyl (C=O) groups is 2. The summed E-state index contributed by atoms with van der Waals surface area (Å²) >= 11 is 0. The number of allylic oxidation sites excluding steroid dienone is 3. The smallest absolute Gasteiger partial charge is 0.254 e. The van der Waals surface area contributed by atoms with Crippen molar-refractivity contribution in [2.24, 2.45) is 0 Å². The van der Waals surface area contributed by atoms with Crippen molar-refractivity contribution >= 4 is 23.1 Å². The Morgan fingerprint density at radius 2 is 1.81 bits per heavy atom. The van der Waals surface area contributed by atoms with Crippen molar-refractivity contribution in [3.8, 4) is 0 Å². The number of nitrogens with one attached hydrogen (secondary N) is 2. The summed E-state index contributed by atoms with van der Waals surface area (Å²) in [7, 11) is 3.92. The van der Waals surface area contributed by atoms with E-state index in [0.29, 0.717) is 23.3 Å². The Labute approximate surface area is 181 Å². The second-order valence-electron chi connectivity index (χ2n) is 8.19. The second-order valence-corrected chi connectivity index (χ2v) is 8.19. The molecule has 2 N–H and O–H groups in total. The van der Waals surface area contributed by atoms with Crippen molar-refractivity contribution in [3.63, 3.8) is 0 Å². The predicted octanol–water partition coefficient (Wildman–Crippen LogP) is 4.50. The Balaban J connectivity index is 1.79. The molecule has 1 heterocycles. The minimum absolute atomic E-state index is 0.0547. The average molecular weight is 420 g/mol. The van der Waals surface area contributed by atoms with Gasteiger partial charge in [-0.2, -0.15) is 0 Å². The number of benzene rings is 2. The van der Waals surface area contributed by atoms with Crippen LogP contribution in [0.1, 0.15) is 37.7 Å². The van der Waals surface area contributed by atoms with Gasteiger partial charge in [0.15, 0.2) is 5.78 Å². The first-order valence-corrected chi connectivity index (χ1v) is 10.4. The maximum atomic E-state index is 14.2. The maximum absolute atomic E-state index is 14.2. The summed E-state index contributed by atoms with van der Waals surface area (Å²) in [6.07, 6.45) is 2.03. The highest BCUT2D eigenvalue weighted by Crippen LogP contribution is 2.42. The zero-order valence-corrected chi connectivity index (χ0v) is 18.0. The summed E-state index contributed by atoms with van der Waals surface area (Å²) in [5.41, 5.74) is 4.67. The van der Waals surface area contributed by atoms with Gasteiger partial charge in [0.05, 0.1) is 5.69 Å². The molecule has 1 atom stereocenters. The summed E-state index contributed by atoms with van der Waals surface area (Å²) in [4.78, 5) is 28.3. The first-order chi connectivity index (χ1) is 14.9. The van der Waals surface area contributed by atoms with Gasteiger partial charge in [-0.3, -0.25) is 9.59 Å². The molecular weight excluding hydrogens is 393 g/mol. The van der Waals surface area contributed by atoms with E-state index in [1.165, 1.54) is 12.1 Å². The normalized spacial score (nSPS) is 18.5. The Morgan fingerprint density at radius 1 is 1.10 bits per heavy atom. The molecule has 31 heavy (non-hydrogen) atoms. The highest BCUT2D eigenvalue weighted by atomic mass is 19.1. The number of hydrogen-bond acceptors (Lipinski definition) is 4. The number of rotatable bonds is 4. The number of amides is 1. The molecule has 1 aliphatic heterocycles. The molecule has 160 valence electrons. The maximum Gasteiger partial charge on any atom is 0.254 e. The van der Waals surface area contributed by atoms with Crippen molar-refractivity contribution in [3.05, 3.63) is 82.5 Å². The molecule has 0 unspecified atom stereocenters. The highest BCUT2D eigenvalue weighted by Gasteiger charge is 2.38. The molecule has 5 nitrogen and oxygen atoms in total. The quantitative estimate of drug-likeness (QED) is 0.766. The number of anilines is 2. The van der Waals surface area contributed by atoms with Gasteiger partial charge in [-0.05, 0) is 49.6 Å². The fraction of sp³-hybridized carbons (Fsp3) is 0.280. The Morgan fingerprint density at radius 3 is 2.48 bits per heavy atom. The van der Waals surface area contributed by atoms with Crippen LogP contribution in [0.3, 0.4) is 0 Å². The first-order valence-electron chi connectivity index (χ1n) is 10.4. The van der Waals surface area contributed by atoms with Crippen LogP contribution in [-0.4, -0.2) is 25.8 Å². The van der Waals surface area contributed by atoms with Gasteiger partial charge < -0.3 is 15.5 Å². The summed E-state index contributed by atoms with van der Waals surface area (Å²) in [5.74, 6) is -1.36. The largest absolute Gasteiger partial charge is 0.378 e. The number of hydrogen-bond donors (Lipinski definition) is 2. The van der Waals surface area contributed by atoms with E-state index in [-0.39, 0.29) is 11.5 Å². The molecule has 1 amide bonds. The van der Waals surface area contributed by atoms with Gasteiger partial charge >= 0.3 is 0 Å². The molecule has 0 radical (unpaired) electrons. The molecular formula is C25H26FN3O2. The summed E-state index contributed by atoms with van der Waals surface area (Å²) in [5, 5.41) is 5.98. The lowest BCUT2D eigenvalue weighted by Crippen LogP contribution is -2.35. The number of para-hydroxylation sites is 1. The van der Waals surface area contributed by atoms with Gasteiger partial charge in [-0.25, -0.2) is 4.39 Å². The number of ketones is 1. The minimum atomic E-state index is -0.501. The van der Waals surface area contributed by atoms with E-state index >= 15 is 0 Å². The van der Waals surface area contributed by atoms with E-state index in [9.17, 15) is 14.0 Å². The summed E-state index contributed by atoms with van der Waals surface area (Å²) in [6.45, 7) is 1.83. The second kappa shape index (κ2) is 8.38. The molecule has 0 spiro atoms. The van der Waals surface area contributed by atoms with Crippen LogP contribution < -0.4 is 15.5 Å². The summed E-state index contributed by atoms with van der Waals surface area (Å²) < 4.78 is 14.2. The molecule has 2 aromatic rings. The average Bonchev–Trinajstić information content (AvgIpc) is 2.74. The predicted molar refractivity (Wildman–Crippen MR) is 120 cm³/mol. The third-order valence-electron chi connectivity index (χ3n) is 5.89. The Bertz CT molecular complexity index is 1100. The number of carbonyl (C=O) groups excluding carboxylic acids is 2. The van der Waals surface area contributed by atoms with E-state index in [1.807, 2.05) is 50.2 Å². The molecule has 2 aromatic carbocycles. The van der Waals surface area contributed by atoms with Gasteiger partial charge in [-0.15, -0.1) is 0 Å². The van der Waals surface area contributed by atoms with Crippen LogP contribution >= 0.6 is 0 Å². The van der Waals surface area contributed by atoms with Gasteiger partial charge in [0.2, 0.25) is 0 Å². The van der Waals surface area contributed by atoms with E-state index in [4.69, 9.17) is 0 Å². The van der Waals surface area contributed by atoms with Crippen LogP contribution in [0, 0.1) is 5.82 Å². The molecule has 0 bridgehead atoms. The molecule has 4 rings (SSSR count). The summed E-state index contributed by atoms with van der Waals surface area (Å²) in [6, 6.07) is 13.9. The zero-order chi connectivity index (χ0) is 22.1. The van der Waals surface area contributed by atoms with Crippen molar-refractivity contribution < 1.29 is 14.0 Å². The Kier molecular flexibility index (Phi) is 5.63. The van der Waals surface area contributed by atoms with Crippen molar-refractivity contribution in [1.82, 2.24) is 5.32 Å². The number of dihydropyridines is 1. The fourth-order valence-corrected chi connectivity index (χ4v) is 4.33. The molecule has 0 aromatic heterocycles. The first kappa shape index (κ1) is 20.8. The van der Waals surface area contributed by atoms with Crippen LogP contribution in [0.25, 0.3) is 0 Å². The van der Waals surface area contributed by atoms with Gasteiger partial charge in [0.1, 0.15) is 5.82 Å². The van der Waals surface area contributed by atoms with Gasteiger partial charge in [0, 0.05) is 54.7 Å². The zero-order valence-electron chi connectivity index (χ0n) is 18.0. The fourth-order valence-electron chi connectivity index (χ4n) is 4.33. The lowest BCUT2D eigenvalue weighted by atomic mass is 9.75. The molecule has 6 heteroatoms. The lowest BCUT2D eigenvalue weighted by Gasteiger charge is -2.34. The molecule has 0 saturated carbocycles. The van der Waals surface area contributed by atoms with Crippen molar-refractivity contribution in [2.45, 2.75) is 32.1 Å². The van der Waals surface area contributed by atoms with Gasteiger partial charge in [0.25, 0.3) is 5.91 Å². The van der Waals surface area contributed by atoms with Crippen LogP contribution in [0.4, 0.5) is 15.8 Å². The third kappa shape index (κ3) is 3.98. The number of Topliss-reactive ketones (excluding diaryl/α,β-unsaturated/α-hetero) is 1. The number of halogens is 1. The van der Waals surface area contributed by atoms with E-state index in [0.717, 1.165) is 29.8 Å². The van der Waals surface area contributed by atoms with Crippen LogP contribution in [-0.2, 0) is 9.59 Å².